The van der Waals surface area contributed by atoms with Gasteiger partial charge in [0.25, 0.3) is 0 Å². The maximum atomic E-state index is 11.9. The minimum Gasteiger partial charge on any atom is -0.392 e. The summed E-state index contributed by atoms with van der Waals surface area (Å²) in [6.07, 6.45) is -0.841. The van der Waals surface area contributed by atoms with Crippen LogP contribution in [0.2, 0.25) is 0 Å². The van der Waals surface area contributed by atoms with Gasteiger partial charge in [-0.05, 0) is 53.8 Å². The second-order valence-electron chi connectivity index (χ2n) is 10.3. The molecule has 0 bridgehead atoms. The number of nitrogens with one attached hydrogen (secondary N) is 2. The third-order valence-electron chi connectivity index (χ3n) is 7.21. The average Bonchev–Trinajstić information content (AvgIpc) is 3.44. The van der Waals surface area contributed by atoms with Crippen molar-refractivity contribution < 1.29 is 19.4 Å². The van der Waals surface area contributed by atoms with Gasteiger partial charge in [-0.1, -0.05) is 90.7 Å². The molecule has 1 aliphatic heterocycles. The van der Waals surface area contributed by atoms with Gasteiger partial charge >= 0.3 is 6.03 Å². The van der Waals surface area contributed by atoms with E-state index in [1.54, 1.807) is 23.1 Å². The summed E-state index contributed by atoms with van der Waals surface area (Å²) in [4.78, 5) is 11.9. The number of amides is 2. The number of aliphatic hydroxyl groups excluding tert-OH is 1. The third-order valence-corrected chi connectivity index (χ3v) is 9.27. The van der Waals surface area contributed by atoms with Crippen LogP contribution in [0.5, 0.6) is 0 Å². The van der Waals surface area contributed by atoms with Gasteiger partial charge in [0.2, 0.25) is 0 Å². The number of hydrogen-bond donors (Lipinski definition) is 3. The minimum absolute atomic E-state index is 0.00359. The minimum atomic E-state index is -0.562. The van der Waals surface area contributed by atoms with Gasteiger partial charge in [0.05, 0.1) is 18.8 Å². The van der Waals surface area contributed by atoms with Crippen LogP contribution < -0.4 is 10.6 Å². The molecule has 1 aromatic heterocycles. The quantitative estimate of drug-likeness (QED) is 0.180. The molecule has 42 heavy (non-hydrogen) atoms. The van der Waals surface area contributed by atoms with Gasteiger partial charge in [0.15, 0.2) is 10.6 Å². The van der Waals surface area contributed by atoms with Crippen molar-refractivity contribution in [3.63, 3.8) is 0 Å². The second-order valence-corrected chi connectivity index (χ2v) is 12.7. The Labute approximate surface area is 254 Å². The molecule has 0 aliphatic carbocycles. The van der Waals surface area contributed by atoms with E-state index in [1.807, 2.05) is 62.4 Å². The molecule has 2 heterocycles. The number of carbonyl (C=O) groups excluding carboxylic acids is 1. The number of benzene rings is 3. The van der Waals surface area contributed by atoms with Crippen molar-refractivity contribution in [2.24, 2.45) is 5.92 Å². The van der Waals surface area contributed by atoms with E-state index in [-0.39, 0.29) is 30.8 Å². The third kappa shape index (κ3) is 7.56. The van der Waals surface area contributed by atoms with E-state index in [0.717, 1.165) is 48.5 Å². The Morgan fingerprint density at radius 3 is 2.43 bits per heavy atom. The molecular weight excluding hydrogens is 569 g/mol. The Hall–Kier alpha value is -3.28. The number of hydrogen-bond acceptors (Lipinski definition) is 8. The van der Waals surface area contributed by atoms with Crippen molar-refractivity contribution >= 4 is 29.1 Å². The van der Waals surface area contributed by atoms with E-state index in [9.17, 15) is 9.90 Å². The van der Waals surface area contributed by atoms with Crippen LogP contribution in [0.3, 0.4) is 0 Å². The number of rotatable bonds is 10. The van der Waals surface area contributed by atoms with Crippen molar-refractivity contribution in [2.45, 2.75) is 56.8 Å². The molecule has 220 valence electrons. The zero-order chi connectivity index (χ0) is 29.5. The monoisotopic (exact) mass is 604 g/mol. The summed E-state index contributed by atoms with van der Waals surface area (Å²) in [6.45, 7) is 7.04. The van der Waals surface area contributed by atoms with Crippen molar-refractivity contribution in [3.05, 3.63) is 100 Å². The molecule has 4 atom stereocenters. The Bertz CT molecular complexity index is 1480. The van der Waals surface area contributed by atoms with Crippen LogP contribution >= 0.6 is 23.1 Å². The molecular formula is C32H36N4O4S2. The molecule has 8 nitrogen and oxygen atoms in total. The summed E-state index contributed by atoms with van der Waals surface area (Å²) in [5.41, 5.74) is 5.95. The molecule has 1 fully saturated rings. The fraction of sp³-hybridized carbons (Fsp3) is 0.344. The zero-order valence-electron chi connectivity index (χ0n) is 23.9. The standard InChI is InChI=1S/C32H36N4O4S2/c1-4-33-31(38)34-17-23-7-5-8-25(15-23)26-9-6-10-27(16-26)30-39-28(19-41-32-36-35-21(3)42-32)20(2)29(40-30)24-13-11-22(18-37)12-14-24/h5-16,20,28-30,37H,4,17-19H2,1-3H3,(H2,33,34,38). The number of thioether (sulfide) groups is 1. The number of carbonyl (C=O) groups is 1. The molecule has 4 aromatic rings. The normalized spacial score (nSPS) is 20.3. The number of aliphatic hydroxyl groups is 1. The predicted octanol–water partition coefficient (Wildman–Crippen LogP) is 6.41. The molecule has 0 radical (unpaired) electrons. The Balaban J connectivity index is 1.38. The highest BCUT2D eigenvalue weighted by molar-refractivity contribution is 8.01. The molecule has 2 amide bonds. The molecule has 1 aliphatic rings. The van der Waals surface area contributed by atoms with E-state index in [0.29, 0.717) is 13.1 Å². The predicted molar refractivity (Wildman–Crippen MR) is 166 cm³/mol. The van der Waals surface area contributed by atoms with Gasteiger partial charge in [-0.3, -0.25) is 0 Å². The first kappa shape index (κ1) is 30.2. The van der Waals surface area contributed by atoms with E-state index >= 15 is 0 Å². The van der Waals surface area contributed by atoms with Crippen LogP contribution in [0.25, 0.3) is 11.1 Å². The first-order valence-electron chi connectivity index (χ1n) is 14.1. The molecule has 1 saturated heterocycles. The maximum Gasteiger partial charge on any atom is 0.315 e. The number of aromatic nitrogens is 2. The Kier molecular flexibility index (Phi) is 10.2. The highest BCUT2D eigenvalue weighted by Crippen LogP contribution is 2.43. The van der Waals surface area contributed by atoms with E-state index in [2.05, 4.69) is 52.0 Å². The maximum absolute atomic E-state index is 11.9. The van der Waals surface area contributed by atoms with Crippen LogP contribution in [0.1, 0.15) is 53.5 Å². The highest BCUT2D eigenvalue weighted by Gasteiger charge is 2.38. The van der Waals surface area contributed by atoms with Crippen LogP contribution in [-0.4, -0.2) is 39.7 Å². The van der Waals surface area contributed by atoms with Gasteiger partial charge in [-0.15, -0.1) is 10.2 Å². The van der Waals surface area contributed by atoms with Crippen molar-refractivity contribution in [3.8, 4) is 11.1 Å². The summed E-state index contributed by atoms with van der Waals surface area (Å²) >= 11 is 3.25. The Morgan fingerprint density at radius 1 is 0.952 bits per heavy atom. The zero-order valence-corrected chi connectivity index (χ0v) is 25.6. The SMILES string of the molecule is CCNC(=O)NCc1cccc(-c2cccc(C3OC(CSc4nnc(C)s4)C(C)C(c4ccc(CO)cc4)O3)c2)c1. The summed E-state index contributed by atoms with van der Waals surface area (Å²) in [7, 11) is 0. The average molecular weight is 605 g/mol. The fourth-order valence-corrected chi connectivity index (χ4v) is 6.94. The molecule has 0 spiro atoms. The Morgan fingerprint density at radius 2 is 1.71 bits per heavy atom. The molecule has 5 rings (SSSR count). The van der Waals surface area contributed by atoms with Crippen LogP contribution in [-0.2, 0) is 22.6 Å². The van der Waals surface area contributed by atoms with Gasteiger partial charge in [-0.25, -0.2) is 4.79 Å². The van der Waals surface area contributed by atoms with Gasteiger partial charge in [0, 0.05) is 30.3 Å². The number of aryl methyl sites for hydroxylation is 1. The van der Waals surface area contributed by atoms with Crippen molar-refractivity contribution in [2.75, 3.05) is 12.3 Å². The topological polar surface area (TPSA) is 106 Å². The fourth-order valence-electron chi connectivity index (χ4n) is 4.93. The van der Waals surface area contributed by atoms with Crippen molar-refractivity contribution in [1.82, 2.24) is 20.8 Å². The first-order valence-corrected chi connectivity index (χ1v) is 15.9. The molecule has 3 aromatic carbocycles. The van der Waals surface area contributed by atoms with Crippen molar-refractivity contribution in [1.29, 1.82) is 0 Å². The smallest absolute Gasteiger partial charge is 0.315 e. The van der Waals surface area contributed by atoms with Gasteiger partial charge in [-0.2, -0.15) is 0 Å². The summed E-state index contributed by atoms with van der Waals surface area (Å²) in [6, 6.07) is 24.2. The summed E-state index contributed by atoms with van der Waals surface area (Å²) in [5.74, 6) is 0.807. The number of urea groups is 1. The summed E-state index contributed by atoms with van der Waals surface area (Å²) < 4.78 is 14.2. The van der Waals surface area contributed by atoms with E-state index in [1.165, 1.54) is 0 Å². The van der Waals surface area contributed by atoms with E-state index in [4.69, 9.17) is 9.47 Å². The lowest BCUT2D eigenvalue weighted by Crippen LogP contribution is -2.38. The molecule has 3 N–H and O–H groups in total. The second kappa shape index (κ2) is 14.3. The molecule has 4 unspecified atom stereocenters. The van der Waals surface area contributed by atoms with Gasteiger partial charge < -0.3 is 25.2 Å². The highest BCUT2D eigenvalue weighted by atomic mass is 32.2. The lowest BCUT2D eigenvalue weighted by Gasteiger charge is -2.41. The van der Waals surface area contributed by atoms with E-state index < -0.39 is 6.29 Å². The van der Waals surface area contributed by atoms with Gasteiger partial charge in [0.1, 0.15) is 5.01 Å². The largest absolute Gasteiger partial charge is 0.392 e. The van der Waals surface area contributed by atoms with Crippen LogP contribution in [0.15, 0.2) is 77.1 Å². The van der Waals surface area contributed by atoms with Crippen LogP contribution in [0, 0.1) is 12.8 Å². The number of ether oxygens (including phenoxy) is 2. The lowest BCUT2D eigenvalue weighted by molar-refractivity contribution is -0.268. The first-order chi connectivity index (χ1) is 20.4. The molecule has 0 saturated carbocycles. The summed E-state index contributed by atoms with van der Waals surface area (Å²) in [5, 5.41) is 24.5. The molecule has 10 heteroatoms. The lowest BCUT2D eigenvalue weighted by atomic mass is 9.91. The number of nitrogens with zero attached hydrogens (tertiary/aromatic N) is 2. The van der Waals surface area contributed by atoms with Crippen LogP contribution in [0.4, 0.5) is 4.79 Å².